The molecule has 0 aliphatic carbocycles. The minimum absolute atomic E-state index is 0.0552. The van der Waals surface area contributed by atoms with Gasteiger partial charge in [0.15, 0.2) is 0 Å². The maximum absolute atomic E-state index is 13.3. The SMILES string of the molecule is O=C1NC(=O)[C@@H]2[C@@H]1[C@@H](C(=O)Nc1ccc(Cl)c([N+](=O)[O-])c1)N1C=Cc3ccccc3[C@H]21. The van der Waals surface area contributed by atoms with E-state index in [1.807, 2.05) is 30.3 Å². The molecule has 9 nitrogen and oxygen atoms in total. The molecule has 2 saturated heterocycles. The van der Waals surface area contributed by atoms with Crippen molar-refractivity contribution in [2.75, 3.05) is 5.32 Å². The Balaban J connectivity index is 1.52. The lowest BCUT2D eigenvalue weighted by molar-refractivity contribution is -0.384. The molecule has 156 valence electrons. The highest BCUT2D eigenvalue weighted by atomic mass is 35.5. The molecule has 0 spiro atoms. The van der Waals surface area contributed by atoms with E-state index in [9.17, 15) is 24.5 Å². The maximum Gasteiger partial charge on any atom is 0.289 e. The fourth-order valence-electron chi connectivity index (χ4n) is 4.72. The highest BCUT2D eigenvalue weighted by Crippen LogP contribution is 2.50. The fourth-order valence-corrected chi connectivity index (χ4v) is 4.91. The zero-order valence-electron chi connectivity index (χ0n) is 15.8. The van der Waals surface area contributed by atoms with Gasteiger partial charge in [-0.1, -0.05) is 35.9 Å². The predicted molar refractivity (Wildman–Crippen MR) is 111 cm³/mol. The number of anilines is 1. The van der Waals surface area contributed by atoms with E-state index >= 15 is 0 Å². The quantitative estimate of drug-likeness (QED) is 0.431. The summed E-state index contributed by atoms with van der Waals surface area (Å²) in [6.07, 6.45) is 3.56. The Kier molecular flexibility index (Phi) is 4.30. The Hall–Kier alpha value is -3.72. The monoisotopic (exact) mass is 438 g/mol. The summed E-state index contributed by atoms with van der Waals surface area (Å²) in [4.78, 5) is 50.7. The third-order valence-electron chi connectivity index (χ3n) is 5.98. The first kappa shape index (κ1) is 19.3. The van der Waals surface area contributed by atoms with Gasteiger partial charge in [0.2, 0.25) is 17.7 Å². The molecule has 3 amide bonds. The number of halogens is 1. The van der Waals surface area contributed by atoms with E-state index in [0.717, 1.165) is 17.2 Å². The van der Waals surface area contributed by atoms with Crippen molar-refractivity contribution in [2.24, 2.45) is 11.8 Å². The van der Waals surface area contributed by atoms with Crippen molar-refractivity contribution in [3.8, 4) is 0 Å². The van der Waals surface area contributed by atoms with Gasteiger partial charge in [-0.25, -0.2) is 0 Å². The van der Waals surface area contributed by atoms with Crippen molar-refractivity contribution in [2.45, 2.75) is 12.1 Å². The predicted octanol–water partition coefficient (Wildman–Crippen LogP) is 2.49. The second-order valence-corrected chi connectivity index (χ2v) is 8.01. The second kappa shape index (κ2) is 6.92. The van der Waals surface area contributed by atoms with Crippen molar-refractivity contribution in [3.05, 3.63) is 74.9 Å². The molecule has 2 aromatic rings. The van der Waals surface area contributed by atoms with Crippen molar-refractivity contribution in [3.63, 3.8) is 0 Å². The topological polar surface area (TPSA) is 122 Å². The summed E-state index contributed by atoms with van der Waals surface area (Å²) in [6, 6.07) is 10.0. The second-order valence-electron chi connectivity index (χ2n) is 7.60. The van der Waals surface area contributed by atoms with Crippen LogP contribution in [-0.2, 0) is 14.4 Å². The van der Waals surface area contributed by atoms with Gasteiger partial charge in [-0.2, -0.15) is 0 Å². The number of nitro benzene ring substituents is 1. The van der Waals surface area contributed by atoms with Crippen molar-refractivity contribution < 1.29 is 19.3 Å². The van der Waals surface area contributed by atoms with E-state index in [1.165, 1.54) is 12.1 Å². The Labute approximate surface area is 180 Å². The van der Waals surface area contributed by atoms with Crippen molar-refractivity contribution >= 4 is 46.8 Å². The van der Waals surface area contributed by atoms with Crippen LogP contribution in [0.3, 0.4) is 0 Å². The van der Waals surface area contributed by atoms with Gasteiger partial charge >= 0.3 is 0 Å². The van der Waals surface area contributed by atoms with Gasteiger partial charge < -0.3 is 10.2 Å². The first-order valence-electron chi connectivity index (χ1n) is 9.51. The summed E-state index contributed by atoms with van der Waals surface area (Å²) in [6.45, 7) is 0. The summed E-state index contributed by atoms with van der Waals surface area (Å²) in [5.41, 5.74) is 1.61. The molecule has 0 bridgehead atoms. The molecule has 3 aliphatic rings. The lowest BCUT2D eigenvalue weighted by Crippen LogP contribution is -2.45. The van der Waals surface area contributed by atoms with Gasteiger partial charge in [0.25, 0.3) is 5.69 Å². The maximum atomic E-state index is 13.3. The number of benzene rings is 2. The van der Waals surface area contributed by atoms with Gasteiger partial charge in [0.05, 0.1) is 22.8 Å². The largest absolute Gasteiger partial charge is 0.357 e. The number of carbonyl (C=O) groups excluding carboxylic acids is 3. The fraction of sp³-hybridized carbons (Fsp3) is 0.190. The highest BCUT2D eigenvalue weighted by Gasteiger charge is 2.61. The molecule has 0 saturated carbocycles. The molecule has 5 rings (SSSR count). The van der Waals surface area contributed by atoms with Crippen LogP contribution in [0.15, 0.2) is 48.7 Å². The number of imide groups is 1. The van der Waals surface area contributed by atoms with Crippen LogP contribution >= 0.6 is 11.6 Å². The first-order valence-corrected chi connectivity index (χ1v) is 9.88. The van der Waals surface area contributed by atoms with Crippen LogP contribution in [0.4, 0.5) is 11.4 Å². The van der Waals surface area contributed by atoms with E-state index in [4.69, 9.17) is 11.6 Å². The van der Waals surface area contributed by atoms with E-state index in [0.29, 0.717) is 0 Å². The van der Waals surface area contributed by atoms with E-state index in [-0.39, 0.29) is 16.4 Å². The molecule has 0 unspecified atom stereocenters. The molecule has 0 aromatic heterocycles. The van der Waals surface area contributed by atoms with E-state index in [1.54, 1.807) is 11.1 Å². The highest BCUT2D eigenvalue weighted by molar-refractivity contribution is 6.32. The number of hydrogen-bond donors (Lipinski definition) is 2. The molecule has 10 heteroatoms. The number of carbonyl (C=O) groups is 3. The summed E-state index contributed by atoms with van der Waals surface area (Å²) in [7, 11) is 0. The third kappa shape index (κ3) is 2.89. The van der Waals surface area contributed by atoms with Crippen LogP contribution in [0.5, 0.6) is 0 Å². The van der Waals surface area contributed by atoms with E-state index in [2.05, 4.69) is 10.6 Å². The normalized spacial score (nSPS) is 25.5. The number of fused-ring (bicyclic) bond motifs is 5. The van der Waals surface area contributed by atoms with Crippen LogP contribution in [0.25, 0.3) is 6.08 Å². The summed E-state index contributed by atoms with van der Waals surface area (Å²) < 4.78 is 0. The molecule has 2 aromatic carbocycles. The minimum atomic E-state index is -0.958. The standard InChI is InChI=1S/C21H15ClN4O5/c22-13-6-5-11(9-14(13)26(30)31)23-21(29)18-16-15(19(27)24-20(16)28)17-12-4-2-1-3-10(12)7-8-25(17)18/h1-9,15-18H,(H,23,29)(H,24,27,28)/t15-,16-,17-,18+/m1/s1. The minimum Gasteiger partial charge on any atom is -0.357 e. The first-order chi connectivity index (χ1) is 14.9. The Bertz CT molecular complexity index is 1200. The average molecular weight is 439 g/mol. The van der Waals surface area contributed by atoms with Crippen molar-refractivity contribution in [1.29, 1.82) is 0 Å². The van der Waals surface area contributed by atoms with Gasteiger partial charge in [0, 0.05) is 18.0 Å². The number of rotatable bonds is 3. The number of nitrogens with one attached hydrogen (secondary N) is 2. The average Bonchev–Trinajstić information content (AvgIpc) is 3.24. The zero-order chi connectivity index (χ0) is 21.9. The number of nitro groups is 1. The third-order valence-corrected chi connectivity index (χ3v) is 6.30. The van der Waals surface area contributed by atoms with Crippen LogP contribution in [0.1, 0.15) is 17.2 Å². The lowest BCUT2D eigenvalue weighted by Gasteiger charge is -2.34. The molecule has 0 radical (unpaired) electrons. The molecule has 4 atom stereocenters. The smallest absolute Gasteiger partial charge is 0.289 e. The molecule has 3 aliphatic heterocycles. The summed E-state index contributed by atoms with van der Waals surface area (Å²) in [5, 5.41) is 16.1. The molecular weight excluding hydrogens is 424 g/mol. The molecule has 2 N–H and O–H groups in total. The number of amides is 3. The number of nitrogens with zero attached hydrogens (tertiary/aromatic N) is 2. The lowest BCUT2D eigenvalue weighted by atomic mass is 9.84. The molecular formula is C21H15ClN4O5. The van der Waals surface area contributed by atoms with Gasteiger partial charge in [-0.3, -0.25) is 29.8 Å². The Morgan fingerprint density at radius 3 is 2.65 bits per heavy atom. The van der Waals surface area contributed by atoms with Crippen LogP contribution in [0, 0.1) is 22.0 Å². The van der Waals surface area contributed by atoms with Crippen LogP contribution in [-0.4, -0.2) is 33.6 Å². The van der Waals surface area contributed by atoms with Gasteiger partial charge in [-0.05, 0) is 29.3 Å². The Morgan fingerprint density at radius 1 is 1.13 bits per heavy atom. The van der Waals surface area contributed by atoms with Crippen molar-refractivity contribution in [1.82, 2.24) is 10.2 Å². The number of hydrogen-bond acceptors (Lipinski definition) is 6. The van der Waals surface area contributed by atoms with Crippen LogP contribution in [0.2, 0.25) is 5.02 Å². The molecule has 3 heterocycles. The molecule has 31 heavy (non-hydrogen) atoms. The zero-order valence-corrected chi connectivity index (χ0v) is 16.6. The summed E-state index contributed by atoms with van der Waals surface area (Å²) in [5.74, 6) is -3.04. The Morgan fingerprint density at radius 2 is 1.87 bits per heavy atom. The van der Waals surface area contributed by atoms with E-state index < -0.39 is 46.6 Å². The van der Waals surface area contributed by atoms with Gasteiger partial charge in [0.1, 0.15) is 11.1 Å². The molecule has 2 fully saturated rings. The van der Waals surface area contributed by atoms with Crippen LogP contribution < -0.4 is 10.6 Å². The van der Waals surface area contributed by atoms with Gasteiger partial charge in [-0.15, -0.1) is 0 Å². The summed E-state index contributed by atoms with van der Waals surface area (Å²) >= 11 is 5.84.